The average Bonchev–Trinajstić information content (AvgIpc) is 2.93. The van der Waals surface area contributed by atoms with Crippen LogP contribution in [-0.2, 0) is 14.8 Å². The number of sulfonamides is 1. The molecule has 1 saturated heterocycles. The third-order valence-corrected chi connectivity index (χ3v) is 7.56. The highest BCUT2D eigenvalue weighted by molar-refractivity contribution is 7.89. The fourth-order valence-electron chi connectivity index (χ4n) is 3.93. The molecule has 0 aromatic heterocycles. The lowest BCUT2D eigenvalue weighted by molar-refractivity contribution is -0.114. The van der Waals surface area contributed by atoms with Gasteiger partial charge in [-0.05, 0) is 37.6 Å². The number of carbonyl (C=O) groups is 2. The van der Waals surface area contributed by atoms with E-state index in [0.29, 0.717) is 42.3 Å². The van der Waals surface area contributed by atoms with E-state index in [9.17, 15) is 18.0 Å². The summed E-state index contributed by atoms with van der Waals surface area (Å²) in [6.07, 6.45) is 0. The summed E-state index contributed by atoms with van der Waals surface area (Å²) < 4.78 is 27.5. The maximum atomic E-state index is 13.0. The molecule has 1 amide bonds. The van der Waals surface area contributed by atoms with Crippen LogP contribution in [0.3, 0.4) is 0 Å². The van der Waals surface area contributed by atoms with Crippen LogP contribution in [0.5, 0.6) is 0 Å². The van der Waals surface area contributed by atoms with Crippen LogP contribution in [0.25, 0.3) is 0 Å². The predicted octanol–water partition coefficient (Wildman–Crippen LogP) is 1.80. The number of aryl methyl sites for hydroxylation is 2. The molecule has 29 heavy (non-hydrogen) atoms. The van der Waals surface area contributed by atoms with Gasteiger partial charge in [-0.3, -0.25) is 19.4 Å². The molecule has 2 aromatic carbocycles. The number of amides is 1. The van der Waals surface area contributed by atoms with Gasteiger partial charge >= 0.3 is 5.91 Å². The van der Waals surface area contributed by atoms with Gasteiger partial charge in [0.2, 0.25) is 10.0 Å². The smallest absolute Gasteiger partial charge is 0.291 e. The minimum absolute atomic E-state index is 0.277. The van der Waals surface area contributed by atoms with Crippen LogP contribution in [0.15, 0.2) is 47.4 Å². The zero-order chi connectivity index (χ0) is 20.8. The standard InChI is InChI=1S/C21H23N3O4S/c1-15-7-8-19(16(2)13-15)29(27,28)23-11-9-22(10-12-23)14-24-18-6-4-3-5-17(18)20(25)21(24)26/h3-8,13H,9-12,14H2,1-2H3. The van der Waals surface area contributed by atoms with E-state index in [0.717, 1.165) is 11.1 Å². The van der Waals surface area contributed by atoms with Crippen LogP contribution in [0, 0.1) is 13.8 Å². The van der Waals surface area contributed by atoms with E-state index in [4.69, 9.17) is 0 Å². The Kier molecular flexibility index (Phi) is 5.02. The van der Waals surface area contributed by atoms with E-state index in [-0.39, 0.29) is 6.67 Å². The first-order valence-electron chi connectivity index (χ1n) is 9.54. The number of hydrogen-bond donors (Lipinski definition) is 0. The molecule has 8 heteroatoms. The van der Waals surface area contributed by atoms with Crippen LogP contribution < -0.4 is 4.90 Å². The number of ketones is 1. The predicted molar refractivity (Wildman–Crippen MR) is 109 cm³/mol. The number of carbonyl (C=O) groups excluding carboxylic acids is 2. The van der Waals surface area contributed by atoms with Gasteiger partial charge in [0.25, 0.3) is 5.78 Å². The van der Waals surface area contributed by atoms with Crippen molar-refractivity contribution in [3.8, 4) is 0 Å². The molecule has 2 heterocycles. The largest absolute Gasteiger partial charge is 0.300 e. The lowest BCUT2D eigenvalue weighted by atomic mass is 10.1. The van der Waals surface area contributed by atoms with Crippen molar-refractivity contribution in [2.24, 2.45) is 0 Å². The molecule has 0 aliphatic carbocycles. The van der Waals surface area contributed by atoms with Crippen molar-refractivity contribution in [2.45, 2.75) is 18.7 Å². The van der Waals surface area contributed by atoms with Crippen molar-refractivity contribution in [1.29, 1.82) is 0 Å². The zero-order valence-electron chi connectivity index (χ0n) is 16.5. The molecule has 0 atom stereocenters. The molecule has 0 spiro atoms. The molecule has 0 N–H and O–H groups in total. The zero-order valence-corrected chi connectivity index (χ0v) is 17.3. The summed E-state index contributed by atoms with van der Waals surface area (Å²) in [6.45, 7) is 5.68. The van der Waals surface area contributed by atoms with Gasteiger partial charge in [-0.25, -0.2) is 8.42 Å². The Morgan fingerprint density at radius 1 is 0.931 bits per heavy atom. The lowest BCUT2D eigenvalue weighted by Crippen LogP contribution is -2.52. The van der Waals surface area contributed by atoms with Crippen molar-refractivity contribution in [1.82, 2.24) is 9.21 Å². The normalized spacial score (nSPS) is 18.3. The quantitative estimate of drug-likeness (QED) is 0.715. The van der Waals surface area contributed by atoms with Crippen molar-refractivity contribution >= 4 is 27.4 Å². The van der Waals surface area contributed by atoms with Gasteiger partial charge in [0, 0.05) is 26.2 Å². The third-order valence-electron chi connectivity index (χ3n) is 5.50. The third kappa shape index (κ3) is 3.48. The summed E-state index contributed by atoms with van der Waals surface area (Å²) in [5.74, 6) is -1.02. The molecule has 2 aliphatic rings. The molecular weight excluding hydrogens is 390 g/mol. The second kappa shape index (κ2) is 7.37. The Bertz CT molecular complexity index is 1090. The molecule has 0 unspecified atom stereocenters. The number of rotatable bonds is 4. The molecule has 0 bridgehead atoms. The van der Waals surface area contributed by atoms with Gasteiger partial charge in [0.15, 0.2) is 0 Å². The van der Waals surface area contributed by atoms with Crippen molar-refractivity contribution in [2.75, 3.05) is 37.7 Å². The SMILES string of the molecule is Cc1ccc(S(=O)(=O)N2CCN(CN3C(=O)C(=O)c4ccccc43)CC2)c(C)c1. The summed E-state index contributed by atoms with van der Waals surface area (Å²) >= 11 is 0. The highest BCUT2D eigenvalue weighted by atomic mass is 32.2. The van der Waals surface area contributed by atoms with E-state index >= 15 is 0 Å². The first-order valence-corrected chi connectivity index (χ1v) is 11.0. The monoisotopic (exact) mass is 413 g/mol. The Morgan fingerprint density at radius 2 is 1.62 bits per heavy atom. The minimum atomic E-state index is -3.56. The van der Waals surface area contributed by atoms with Gasteiger partial charge in [-0.1, -0.05) is 29.8 Å². The van der Waals surface area contributed by atoms with Crippen LogP contribution in [0.4, 0.5) is 5.69 Å². The summed E-state index contributed by atoms with van der Waals surface area (Å²) in [5.41, 5.74) is 2.81. The van der Waals surface area contributed by atoms with Crippen molar-refractivity contribution in [3.63, 3.8) is 0 Å². The second-order valence-corrected chi connectivity index (χ2v) is 9.42. The average molecular weight is 413 g/mol. The number of para-hydroxylation sites is 1. The van der Waals surface area contributed by atoms with Crippen LogP contribution in [-0.4, -0.2) is 62.2 Å². The molecule has 0 saturated carbocycles. The lowest BCUT2D eigenvalue weighted by Gasteiger charge is -2.36. The molecule has 152 valence electrons. The number of anilines is 1. The fraction of sp³-hybridized carbons (Fsp3) is 0.333. The number of hydrogen-bond acceptors (Lipinski definition) is 5. The maximum absolute atomic E-state index is 13.0. The first kappa shape index (κ1) is 19.8. The molecule has 2 aromatic rings. The number of Topliss-reactive ketones (excluding diaryl/α,β-unsaturated/α-hetero) is 1. The Morgan fingerprint density at radius 3 is 2.31 bits per heavy atom. The fourth-order valence-corrected chi connectivity index (χ4v) is 5.56. The second-order valence-electron chi connectivity index (χ2n) is 7.51. The Labute approximate surface area is 170 Å². The molecule has 2 aliphatic heterocycles. The van der Waals surface area contributed by atoms with Gasteiger partial charge < -0.3 is 0 Å². The van der Waals surface area contributed by atoms with Gasteiger partial charge in [-0.15, -0.1) is 0 Å². The van der Waals surface area contributed by atoms with Crippen LogP contribution >= 0.6 is 0 Å². The van der Waals surface area contributed by atoms with Crippen LogP contribution in [0.2, 0.25) is 0 Å². The number of nitrogens with zero attached hydrogens (tertiary/aromatic N) is 3. The van der Waals surface area contributed by atoms with Gasteiger partial charge in [0.05, 0.1) is 22.8 Å². The van der Waals surface area contributed by atoms with Gasteiger partial charge in [-0.2, -0.15) is 4.31 Å². The Balaban J connectivity index is 1.45. The summed E-state index contributed by atoms with van der Waals surface area (Å²) in [4.78, 5) is 28.3. The highest BCUT2D eigenvalue weighted by Crippen LogP contribution is 2.29. The summed E-state index contributed by atoms with van der Waals surface area (Å²) in [7, 11) is -3.56. The van der Waals surface area contributed by atoms with E-state index < -0.39 is 21.7 Å². The highest BCUT2D eigenvalue weighted by Gasteiger charge is 2.37. The molecular formula is C21H23N3O4S. The first-order chi connectivity index (χ1) is 13.8. The molecule has 4 rings (SSSR count). The molecule has 0 radical (unpaired) electrons. The maximum Gasteiger partial charge on any atom is 0.300 e. The number of benzene rings is 2. The van der Waals surface area contributed by atoms with E-state index in [1.165, 1.54) is 9.21 Å². The van der Waals surface area contributed by atoms with E-state index in [1.807, 2.05) is 30.9 Å². The summed E-state index contributed by atoms with van der Waals surface area (Å²) in [6, 6.07) is 12.3. The minimum Gasteiger partial charge on any atom is -0.291 e. The van der Waals surface area contributed by atoms with Crippen LogP contribution in [0.1, 0.15) is 21.5 Å². The van der Waals surface area contributed by atoms with Gasteiger partial charge in [0.1, 0.15) is 0 Å². The molecule has 1 fully saturated rings. The topological polar surface area (TPSA) is 78.0 Å². The Hall–Kier alpha value is -2.55. The van der Waals surface area contributed by atoms with Crippen molar-refractivity contribution in [3.05, 3.63) is 59.2 Å². The van der Waals surface area contributed by atoms with E-state index in [2.05, 4.69) is 0 Å². The van der Waals surface area contributed by atoms with Crippen molar-refractivity contribution < 1.29 is 18.0 Å². The number of fused-ring (bicyclic) bond motifs is 1. The number of piperazine rings is 1. The molecule has 7 nitrogen and oxygen atoms in total. The van der Waals surface area contributed by atoms with E-state index in [1.54, 1.807) is 30.3 Å². The summed E-state index contributed by atoms with van der Waals surface area (Å²) in [5, 5.41) is 0.